The van der Waals surface area contributed by atoms with Crippen molar-refractivity contribution in [2.24, 2.45) is 0 Å². The Morgan fingerprint density at radius 2 is 1.73 bits per heavy atom. The summed E-state index contributed by atoms with van der Waals surface area (Å²) in [6, 6.07) is 0. The lowest BCUT2D eigenvalue weighted by Gasteiger charge is -2.07. The molecule has 0 aliphatic carbocycles. The lowest BCUT2D eigenvalue weighted by molar-refractivity contribution is -0.113. The normalized spacial score (nSPS) is 33.4. The van der Waals surface area contributed by atoms with E-state index >= 15 is 0 Å². The van der Waals surface area contributed by atoms with Crippen molar-refractivity contribution < 1.29 is 24.9 Å². The molecule has 1 aliphatic rings. The summed E-state index contributed by atoms with van der Waals surface area (Å²) in [5.41, 5.74) is -2.64. The van der Waals surface area contributed by atoms with E-state index in [0.29, 0.717) is 6.29 Å². The highest BCUT2D eigenvalue weighted by Gasteiger charge is 2.70. The molecule has 1 heterocycles. The SMILES string of the molecule is O=CC1(CO)OC1(CO)CO. The molecule has 1 fully saturated rings. The third-order valence-electron chi connectivity index (χ3n) is 2.04. The molecule has 1 unspecified atom stereocenters. The maximum Gasteiger partial charge on any atom is 0.180 e. The number of ether oxygens (including phenoxy) is 1. The number of hydrogen-bond donors (Lipinski definition) is 3. The highest BCUT2D eigenvalue weighted by molar-refractivity contribution is 5.70. The molecule has 0 bridgehead atoms. The molecule has 3 N–H and O–H groups in total. The minimum absolute atomic E-state index is 0.402. The van der Waals surface area contributed by atoms with Crippen molar-refractivity contribution in [3.63, 3.8) is 0 Å². The zero-order valence-corrected chi connectivity index (χ0v) is 5.86. The number of hydrogen-bond acceptors (Lipinski definition) is 5. The van der Waals surface area contributed by atoms with Crippen LogP contribution < -0.4 is 0 Å². The highest BCUT2D eigenvalue weighted by atomic mass is 16.7. The van der Waals surface area contributed by atoms with Crippen molar-refractivity contribution in [3.8, 4) is 0 Å². The smallest absolute Gasteiger partial charge is 0.180 e. The molecular weight excluding hydrogens is 152 g/mol. The predicted molar refractivity (Wildman–Crippen MR) is 33.9 cm³/mol. The molecule has 0 spiro atoms. The average Bonchev–Trinajstić information content (AvgIpc) is 2.75. The van der Waals surface area contributed by atoms with Gasteiger partial charge in [0.2, 0.25) is 0 Å². The molecule has 1 aliphatic heterocycles. The average molecular weight is 162 g/mol. The first-order valence-corrected chi connectivity index (χ1v) is 3.19. The summed E-state index contributed by atoms with van der Waals surface area (Å²) in [7, 11) is 0. The second-order valence-corrected chi connectivity index (χ2v) is 2.58. The first-order chi connectivity index (χ1) is 5.20. The van der Waals surface area contributed by atoms with Crippen LogP contribution in [0.2, 0.25) is 0 Å². The number of carbonyl (C=O) groups excluding carboxylic acids is 1. The molecule has 1 atom stereocenters. The Labute approximate surface area is 63.2 Å². The van der Waals surface area contributed by atoms with E-state index < -0.39 is 31.0 Å². The molecule has 0 aromatic rings. The van der Waals surface area contributed by atoms with E-state index in [0.717, 1.165) is 0 Å². The second kappa shape index (κ2) is 2.53. The van der Waals surface area contributed by atoms with Gasteiger partial charge in [0, 0.05) is 0 Å². The van der Waals surface area contributed by atoms with Crippen molar-refractivity contribution in [3.05, 3.63) is 0 Å². The Morgan fingerprint density at radius 1 is 1.18 bits per heavy atom. The molecule has 5 heteroatoms. The first kappa shape index (κ1) is 8.61. The van der Waals surface area contributed by atoms with Gasteiger partial charge in [-0.3, -0.25) is 4.79 Å². The first-order valence-electron chi connectivity index (χ1n) is 3.19. The fourth-order valence-electron chi connectivity index (χ4n) is 1.05. The largest absolute Gasteiger partial charge is 0.393 e. The highest BCUT2D eigenvalue weighted by Crippen LogP contribution is 2.45. The summed E-state index contributed by atoms with van der Waals surface area (Å²) in [6.07, 6.45) is 0.402. The van der Waals surface area contributed by atoms with Crippen LogP contribution >= 0.6 is 0 Å². The Hall–Kier alpha value is -0.490. The van der Waals surface area contributed by atoms with E-state index in [-0.39, 0.29) is 0 Å². The molecule has 0 saturated carbocycles. The van der Waals surface area contributed by atoms with Gasteiger partial charge in [-0.05, 0) is 0 Å². The topological polar surface area (TPSA) is 90.3 Å². The quantitative estimate of drug-likeness (QED) is 0.318. The standard InChI is InChI=1S/C6H10O5/c7-1-5(2-8)6(3-9,4-10)11-5/h1,8-10H,2-4H2. The molecular formula is C6H10O5. The molecule has 5 nitrogen and oxygen atoms in total. The van der Waals surface area contributed by atoms with Crippen LogP contribution in [0.1, 0.15) is 0 Å². The van der Waals surface area contributed by atoms with Crippen molar-refractivity contribution in [2.75, 3.05) is 19.8 Å². The fraction of sp³-hybridized carbons (Fsp3) is 0.833. The monoisotopic (exact) mass is 162 g/mol. The van der Waals surface area contributed by atoms with E-state index in [1.54, 1.807) is 0 Å². The van der Waals surface area contributed by atoms with Crippen LogP contribution in [0, 0.1) is 0 Å². The Bertz CT molecular complexity index is 164. The zero-order chi connectivity index (χ0) is 8.54. The van der Waals surface area contributed by atoms with Crippen LogP contribution in [0.25, 0.3) is 0 Å². The third kappa shape index (κ3) is 0.893. The summed E-state index contributed by atoms with van der Waals surface area (Å²) >= 11 is 0. The van der Waals surface area contributed by atoms with E-state index in [9.17, 15) is 4.79 Å². The molecule has 11 heavy (non-hydrogen) atoms. The number of carbonyl (C=O) groups is 1. The number of aliphatic hydroxyl groups is 3. The third-order valence-corrected chi connectivity index (χ3v) is 2.04. The summed E-state index contributed by atoms with van der Waals surface area (Å²) in [5.74, 6) is 0. The maximum atomic E-state index is 10.3. The number of aldehydes is 1. The fourth-order valence-corrected chi connectivity index (χ4v) is 1.05. The zero-order valence-electron chi connectivity index (χ0n) is 5.86. The summed E-state index contributed by atoms with van der Waals surface area (Å²) in [6.45, 7) is -1.46. The van der Waals surface area contributed by atoms with Crippen molar-refractivity contribution >= 4 is 6.29 Å². The summed E-state index contributed by atoms with van der Waals surface area (Å²) < 4.78 is 4.77. The van der Waals surface area contributed by atoms with Crippen LogP contribution in [0.4, 0.5) is 0 Å². The van der Waals surface area contributed by atoms with Gasteiger partial charge in [-0.25, -0.2) is 0 Å². The van der Waals surface area contributed by atoms with Crippen LogP contribution in [-0.4, -0.2) is 52.6 Å². The van der Waals surface area contributed by atoms with E-state index in [1.807, 2.05) is 0 Å². The molecule has 1 saturated heterocycles. The minimum atomic E-state index is -1.38. The molecule has 0 aromatic heterocycles. The van der Waals surface area contributed by atoms with Crippen LogP contribution in [-0.2, 0) is 9.53 Å². The summed E-state index contributed by atoms with van der Waals surface area (Å²) in [5, 5.41) is 26.1. The Balaban J connectivity index is 2.73. The molecule has 0 radical (unpaired) electrons. The molecule has 64 valence electrons. The lowest BCUT2D eigenvalue weighted by Crippen LogP contribution is -2.37. The number of epoxide rings is 1. The molecule has 1 rings (SSSR count). The predicted octanol–water partition coefficient (Wildman–Crippen LogP) is -2.33. The van der Waals surface area contributed by atoms with Gasteiger partial charge in [0.15, 0.2) is 17.5 Å². The Morgan fingerprint density at radius 3 is 1.82 bits per heavy atom. The summed E-state index contributed by atoms with van der Waals surface area (Å²) in [4.78, 5) is 10.3. The number of aliphatic hydroxyl groups excluding tert-OH is 3. The maximum absolute atomic E-state index is 10.3. The second-order valence-electron chi connectivity index (χ2n) is 2.58. The minimum Gasteiger partial charge on any atom is -0.393 e. The molecule has 0 aromatic carbocycles. The van der Waals surface area contributed by atoms with Gasteiger partial charge in [0.05, 0.1) is 19.8 Å². The van der Waals surface area contributed by atoms with Gasteiger partial charge in [0.25, 0.3) is 0 Å². The van der Waals surface area contributed by atoms with Crippen LogP contribution in [0.3, 0.4) is 0 Å². The van der Waals surface area contributed by atoms with Gasteiger partial charge >= 0.3 is 0 Å². The van der Waals surface area contributed by atoms with E-state index in [2.05, 4.69) is 0 Å². The van der Waals surface area contributed by atoms with Crippen molar-refractivity contribution in [1.29, 1.82) is 0 Å². The lowest BCUT2D eigenvalue weighted by atomic mass is 9.96. The van der Waals surface area contributed by atoms with Gasteiger partial charge in [0.1, 0.15) is 0 Å². The van der Waals surface area contributed by atoms with Gasteiger partial charge in [-0.1, -0.05) is 0 Å². The van der Waals surface area contributed by atoms with Crippen LogP contribution in [0.15, 0.2) is 0 Å². The van der Waals surface area contributed by atoms with Gasteiger partial charge in [-0.15, -0.1) is 0 Å². The Kier molecular flexibility index (Phi) is 1.98. The van der Waals surface area contributed by atoms with Gasteiger partial charge in [-0.2, -0.15) is 0 Å². The van der Waals surface area contributed by atoms with E-state index in [4.69, 9.17) is 20.1 Å². The van der Waals surface area contributed by atoms with Crippen molar-refractivity contribution in [1.82, 2.24) is 0 Å². The van der Waals surface area contributed by atoms with Crippen LogP contribution in [0.5, 0.6) is 0 Å². The van der Waals surface area contributed by atoms with E-state index in [1.165, 1.54) is 0 Å². The molecule has 0 amide bonds. The van der Waals surface area contributed by atoms with Gasteiger partial charge < -0.3 is 20.1 Å². The number of rotatable bonds is 4. The van der Waals surface area contributed by atoms with Crippen molar-refractivity contribution in [2.45, 2.75) is 11.2 Å².